The summed E-state index contributed by atoms with van der Waals surface area (Å²) in [5.41, 5.74) is 1.95. The molecule has 0 saturated carbocycles. The van der Waals surface area contributed by atoms with Crippen LogP contribution in [0.5, 0.6) is 5.75 Å². The van der Waals surface area contributed by atoms with Gasteiger partial charge in [-0.3, -0.25) is 14.6 Å². The van der Waals surface area contributed by atoms with E-state index >= 15 is 0 Å². The summed E-state index contributed by atoms with van der Waals surface area (Å²) in [7, 11) is 1.62. The van der Waals surface area contributed by atoms with Gasteiger partial charge in [0.15, 0.2) is 0 Å². The molecule has 1 saturated heterocycles. The minimum atomic E-state index is -0.280. The molecule has 1 aromatic heterocycles. The van der Waals surface area contributed by atoms with E-state index in [0.29, 0.717) is 25.9 Å². The van der Waals surface area contributed by atoms with Gasteiger partial charge in [-0.15, -0.1) is 0 Å². The first kappa shape index (κ1) is 18.9. The van der Waals surface area contributed by atoms with Crippen LogP contribution in [0.3, 0.4) is 0 Å². The molecule has 1 aliphatic rings. The van der Waals surface area contributed by atoms with Crippen LogP contribution in [-0.2, 0) is 16.1 Å². The number of carbonyl (C=O) groups excluding carboxylic acids is 2. The lowest BCUT2D eigenvalue weighted by Gasteiger charge is -2.40. The monoisotopic (exact) mass is 367 g/mol. The van der Waals surface area contributed by atoms with Crippen molar-refractivity contribution >= 4 is 11.8 Å². The van der Waals surface area contributed by atoms with Gasteiger partial charge in [0.25, 0.3) is 0 Å². The van der Waals surface area contributed by atoms with Gasteiger partial charge in [0.2, 0.25) is 11.8 Å². The van der Waals surface area contributed by atoms with E-state index in [1.165, 1.54) is 0 Å². The molecule has 27 heavy (non-hydrogen) atoms. The summed E-state index contributed by atoms with van der Waals surface area (Å²) in [6.07, 6.45) is 4.36. The van der Waals surface area contributed by atoms with Crippen molar-refractivity contribution < 1.29 is 14.3 Å². The zero-order chi connectivity index (χ0) is 19.2. The van der Waals surface area contributed by atoms with Crippen LogP contribution in [-0.4, -0.2) is 35.4 Å². The second kappa shape index (κ2) is 8.66. The maximum atomic E-state index is 13.0. The number of benzene rings is 1. The van der Waals surface area contributed by atoms with Crippen LogP contribution in [0.2, 0.25) is 0 Å². The normalized spacial score (nSPS) is 19.6. The van der Waals surface area contributed by atoms with Gasteiger partial charge in [-0.25, -0.2) is 0 Å². The Morgan fingerprint density at radius 2 is 1.93 bits per heavy atom. The largest absolute Gasteiger partial charge is 0.497 e. The highest BCUT2D eigenvalue weighted by molar-refractivity contribution is 5.85. The van der Waals surface area contributed by atoms with Gasteiger partial charge in [-0.05, 0) is 48.7 Å². The lowest BCUT2D eigenvalue weighted by Crippen LogP contribution is -2.47. The van der Waals surface area contributed by atoms with Crippen molar-refractivity contribution in [1.29, 1.82) is 0 Å². The maximum absolute atomic E-state index is 13.0. The van der Waals surface area contributed by atoms with E-state index in [9.17, 15) is 9.59 Å². The number of hydrogen-bond donors (Lipinski definition) is 1. The third-order valence-corrected chi connectivity index (χ3v) is 5.06. The number of amides is 2. The SMILES string of the molecule is CCN1C(=O)CC[C@@H](C(=O)NCc2ccncc2)[C@@H]1c1ccc(OC)cc1. The van der Waals surface area contributed by atoms with Crippen molar-refractivity contribution in [3.63, 3.8) is 0 Å². The second-order valence-corrected chi connectivity index (χ2v) is 6.62. The van der Waals surface area contributed by atoms with Crippen LogP contribution in [0.25, 0.3) is 0 Å². The Kier molecular flexibility index (Phi) is 6.06. The molecule has 6 nitrogen and oxygen atoms in total. The number of aromatic nitrogens is 1. The third kappa shape index (κ3) is 4.27. The number of pyridine rings is 1. The Hall–Kier alpha value is -2.89. The molecule has 1 fully saturated rings. The maximum Gasteiger partial charge on any atom is 0.225 e. The average molecular weight is 367 g/mol. The second-order valence-electron chi connectivity index (χ2n) is 6.62. The molecule has 0 radical (unpaired) electrons. The van der Waals surface area contributed by atoms with E-state index in [-0.39, 0.29) is 23.8 Å². The number of nitrogens with zero attached hydrogens (tertiary/aromatic N) is 2. The predicted octanol–water partition coefficient (Wildman–Crippen LogP) is 2.71. The number of methoxy groups -OCH3 is 1. The Morgan fingerprint density at radius 1 is 1.22 bits per heavy atom. The van der Waals surface area contributed by atoms with Crippen molar-refractivity contribution in [2.24, 2.45) is 5.92 Å². The van der Waals surface area contributed by atoms with Crippen LogP contribution < -0.4 is 10.1 Å². The molecule has 2 atom stereocenters. The van der Waals surface area contributed by atoms with Crippen LogP contribution in [0, 0.1) is 5.92 Å². The van der Waals surface area contributed by atoms with Gasteiger partial charge in [0, 0.05) is 31.9 Å². The standard InChI is InChI=1S/C21H25N3O3/c1-3-24-19(25)9-8-18(20(24)16-4-6-17(27-2)7-5-16)21(26)23-14-15-10-12-22-13-11-15/h4-7,10-13,18,20H,3,8-9,14H2,1-2H3,(H,23,26)/t18-,20+/m1/s1. The molecule has 1 N–H and O–H groups in total. The Bertz CT molecular complexity index is 777. The molecule has 0 unspecified atom stereocenters. The zero-order valence-electron chi connectivity index (χ0n) is 15.7. The topological polar surface area (TPSA) is 71.5 Å². The fourth-order valence-electron chi connectivity index (χ4n) is 3.63. The first-order valence-corrected chi connectivity index (χ1v) is 9.24. The lowest BCUT2D eigenvalue weighted by molar-refractivity contribution is -0.143. The van der Waals surface area contributed by atoms with Crippen LogP contribution in [0.15, 0.2) is 48.8 Å². The van der Waals surface area contributed by atoms with Crippen LogP contribution in [0.4, 0.5) is 0 Å². The van der Waals surface area contributed by atoms with Gasteiger partial charge in [-0.1, -0.05) is 12.1 Å². The number of nitrogens with one attached hydrogen (secondary N) is 1. The molecule has 3 rings (SSSR count). The molecule has 6 heteroatoms. The number of rotatable bonds is 6. The van der Waals surface area contributed by atoms with E-state index < -0.39 is 0 Å². The highest BCUT2D eigenvalue weighted by atomic mass is 16.5. The van der Waals surface area contributed by atoms with Gasteiger partial charge >= 0.3 is 0 Å². The summed E-state index contributed by atoms with van der Waals surface area (Å²) in [6.45, 7) is 2.97. The fraction of sp³-hybridized carbons (Fsp3) is 0.381. The molecule has 0 bridgehead atoms. The average Bonchev–Trinajstić information content (AvgIpc) is 2.72. The van der Waals surface area contributed by atoms with Crippen molar-refractivity contribution in [2.45, 2.75) is 32.4 Å². The van der Waals surface area contributed by atoms with Crippen molar-refractivity contribution in [1.82, 2.24) is 15.2 Å². The summed E-state index contributed by atoms with van der Waals surface area (Å²) < 4.78 is 5.23. The third-order valence-electron chi connectivity index (χ3n) is 5.06. The van der Waals surface area contributed by atoms with Crippen LogP contribution >= 0.6 is 0 Å². The molecule has 0 aliphatic carbocycles. The predicted molar refractivity (Wildman–Crippen MR) is 102 cm³/mol. The highest BCUT2D eigenvalue weighted by Crippen LogP contribution is 2.37. The van der Waals surface area contributed by atoms with E-state index in [1.54, 1.807) is 19.5 Å². The molecule has 142 valence electrons. The van der Waals surface area contributed by atoms with E-state index in [1.807, 2.05) is 48.2 Å². The highest BCUT2D eigenvalue weighted by Gasteiger charge is 2.39. The van der Waals surface area contributed by atoms with Gasteiger partial charge in [0.05, 0.1) is 19.1 Å². The number of ether oxygens (including phenoxy) is 1. The number of hydrogen-bond acceptors (Lipinski definition) is 4. The quantitative estimate of drug-likeness (QED) is 0.852. The molecular formula is C21H25N3O3. The lowest BCUT2D eigenvalue weighted by atomic mass is 9.83. The smallest absolute Gasteiger partial charge is 0.225 e. The minimum Gasteiger partial charge on any atom is -0.497 e. The van der Waals surface area contributed by atoms with E-state index in [0.717, 1.165) is 16.9 Å². The zero-order valence-corrected chi connectivity index (χ0v) is 15.7. The molecular weight excluding hydrogens is 342 g/mol. The molecule has 1 aromatic carbocycles. The summed E-state index contributed by atoms with van der Waals surface area (Å²) in [4.78, 5) is 31.2. The number of piperidine rings is 1. The first-order chi connectivity index (χ1) is 13.1. The van der Waals surface area contributed by atoms with Crippen molar-refractivity contribution in [3.05, 3.63) is 59.9 Å². The molecule has 2 amide bonds. The first-order valence-electron chi connectivity index (χ1n) is 9.24. The van der Waals surface area contributed by atoms with E-state index in [4.69, 9.17) is 4.74 Å². The van der Waals surface area contributed by atoms with Gasteiger partial charge in [-0.2, -0.15) is 0 Å². The number of carbonyl (C=O) groups is 2. The van der Waals surface area contributed by atoms with Crippen LogP contribution in [0.1, 0.15) is 36.9 Å². The molecule has 2 heterocycles. The molecule has 0 spiro atoms. The Morgan fingerprint density at radius 3 is 2.56 bits per heavy atom. The van der Waals surface area contributed by atoms with Gasteiger partial charge in [0.1, 0.15) is 5.75 Å². The Balaban J connectivity index is 1.81. The summed E-state index contributed by atoms with van der Waals surface area (Å²) >= 11 is 0. The summed E-state index contributed by atoms with van der Waals surface area (Å²) in [5.74, 6) is 0.538. The summed E-state index contributed by atoms with van der Waals surface area (Å²) in [6, 6.07) is 11.1. The van der Waals surface area contributed by atoms with Gasteiger partial charge < -0.3 is 15.0 Å². The Labute approximate surface area is 159 Å². The molecule has 1 aliphatic heterocycles. The minimum absolute atomic E-state index is 0.0291. The van der Waals surface area contributed by atoms with E-state index in [2.05, 4.69) is 10.3 Å². The molecule has 2 aromatic rings. The summed E-state index contributed by atoms with van der Waals surface area (Å²) in [5, 5.41) is 3.02. The van der Waals surface area contributed by atoms with Crippen molar-refractivity contribution in [2.75, 3.05) is 13.7 Å². The fourth-order valence-corrected chi connectivity index (χ4v) is 3.63. The van der Waals surface area contributed by atoms with Crippen molar-refractivity contribution in [3.8, 4) is 5.75 Å². The number of likely N-dealkylation sites (tertiary alicyclic amines) is 1.